The van der Waals surface area contributed by atoms with Gasteiger partial charge in [0, 0.05) is 12.0 Å². The summed E-state index contributed by atoms with van der Waals surface area (Å²) in [4.78, 5) is 23.3. The summed E-state index contributed by atoms with van der Waals surface area (Å²) in [6.07, 6.45) is 0.104. The van der Waals surface area contributed by atoms with Crippen LogP contribution in [-0.4, -0.2) is 24.8 Å². The quantitative estimate of drug-likeness (QED) is 0.481. The lowest BCUT2D eigenvalue weighted by atomic mass is 9.89. The average Bonchev–Trinajstić information content (AvgIpc) is 2.25. The maximum Gasteiger partial charge on any atom is 0.311 e. The number of allylic oxidation sites excluding steroid dienone is 2. The highest BCUT2D eigenvalue weighted by Crippen LogP contribution is 2.59. The molecular formula is C9H4Cl6O3. The van der Waals surface area contributed by atoms with Crippen LogP contribution in [0.3, 0.4) is 0 Å². The van der Waals surface area contributed by atoms with Gasteiger partial charge in [-0.1, -0.05) is 69.6 Å². The van der Waals surface area contributed by atoms with Crippen LogP contribution in [0.25, 0.3) is 0 Å². The zero-order valence-corrected chi connectivity index (χ0v) is 12.9. The van der Waals surface area contributed by atoms with E-state index in [9.17, 15) is 9.59 Å². The third-order valence-electron chi connectivity index (χ3n) is 2.70. The van der Waals surface area contributed by atoms with Crippen LogP contribution in [-0.2, 0) is 14.3 Å². The topological polar surface area (TPSA) is 43.4 Å². The molecular weight excluding hydrogens is 369 g/mol. The predicted octanol–water partition coefficient (Wildman–Crippen LogP) is 3.68. The molecule has 2 rings (SSSR count). The highest BCUT2D eigenvalue weighted by molar-refractivity contribution is 6.76. The van der Waals surface area contributed by atoms with E-state index in [-0.39, 0.29) is 24.2 Å². The molecule has 1 aliphatic carbocycles. The number of hydrogen-bond donors (Lipinski definition) is 0. The van der Waals surface area contributed by atoms with Crippen LogP contribution in [0.5, 0.6) is 0 Å². The van der Waals surface area contributed by atoms with Crippen LogP contribution < -0.4 is 0 Å². The first kappa shape index (κ1) is 15.0. The number of ketones is 1. The van der Waals surface area contributed by atoms with Gasteiger partial charge < -0.3 is 4.74 Å². The lowest BCUT2D eigenvalue weighted by Crippen LogP contribution is -2.58. The first-order chi connectivity index (χ1) is 8.03. The third kappa shape index (κ3) is 1.87. The molecule has 3 nitrogen and oxygen atoms in total. The summed E-state index contributed by atoms with van der Waals surface area (Å²) in [6.45, 7) is 0. The fourth-order valence-electron chi connectivity index (χ4n) is 1.74. The van der Waals surface area contributed by atoms with Crippen molar-refractivity contribution in [3.63, 3.8) is 0 Å². The van der Waals surface area contributed by atoms with Crippen molar-refractivity contribution in [1.29, 1.82) is 0 Å². The molecule has 0 aromatic carbocycles. The molecule has 0 N–H and O–H groups in total. The van der Waals surface area contributed by atoms with Gasteiger partial charge in [-0.25, -0.2) is 0 Å². The number of hydrogen-bond acceptors (Lipinski definition) is 3. The van der Waals surface area contributed by atoms with Crippen LogP contribution in [0.15, 0.2) is 11.3 Å². The van der Waals surface area contributed by atoms with E-state index in [4.69, 9.17) is 74.3 Å². The molecule has 0 aromatic heterocycles. The van der Waals surface area contributed by atoms with Crippen LogP contribution in [0.4, 0.5) is 0 Å². The molecule has 2 aliphatic rings. The van der Waals surface area contributed by atoms with Crippen LogP contribution in [0.2, 0.25) is 0 Å². The van der Waals surface area contributed by atoms with E-state index >= 15 is 0 Å². The van der Waals surface area contributed by atoms with E-state index in [1.165, 1.54) is 0 Å². The average molecular weight is 373 g/mol. The number of alkyl halides is 6. The first-order valence-corrected chi connectivity index (χ1v) is 6.93. The highest BCUT2D eigenvalue weighted by atomic mass is 35.5. The summed E-state index contributed by atoms with van der Waals surface area (Å²) in [6, 6.07) is 0. The van der Waals surface area contributed by atoms with Crippen molar-refractivity contribution in [2.24, 2.45) is 0 Å². The van der Waals surface area contributed by atoms with Gasteiger partial charge in [-0.3, -0.25) is 9.59 Å². The van der Waals surface area contributed by atoms with Crippen molar-refractivity contribution in [2.45, 2.75) is 25.8 Å². The number of carbonyl (C=O) groups excluding carboxylic acids is 2. The van der Waals surface area contributed by atoms with Gasteiger partial charge in [-0.15, -0.1) is 0 Å². The van der Waals surface area contributed by atoms with Gasteiger partial charge in [-0.2, -0.15) is 0 Å². The van der Waals surface area contributed by atoms with Gasteiger partial charge in [0.15, 0.2) is 0 Å². The normalized spacial score (nSPS) is 28.8. The fraction of sp³-hybridized carbons (Fsp3) is 0.556. The van der Waals surface area contributed by atoms with Crippen molar-refractivity contribution < 1.29 is 14.3 Å². The third-order valence-corrected chi connectivity index (χ3v) is 5.70. The van der Waals surface area contributed by atoms with E-state index in [2.05, 4.69) is 0 Å². The fourth-order valence-corrected chi connectivity index (χ4v) is 3.51. The second-order valence-corrected chi connectivity index (χ2v) is 7.82. The summed E-state index contributed by atoms with van der Waals surface area (Å²) in [5, 5.41) is 0. The van der Waals surface area contributed by atoms with E-state index in [1.54, 1.807) is 0 Å². The SMILES string of the molecule is O=C1CCC2=C(O1)C(Cl)(Cl)C(Cl)(Cl)C(=O)C2(Cl)Cl. The molecule has 0 radical (unpaired) electrons. The molecule has 0 bridgehead atoms. The Bertz CT molecular complexity index is 479. The van der Waals surface area contributed by atoms with Crippen molar-refractivity contribution in [3.05, 3.63) is 11.3 Å². The molecule has 0 amide bonds. The van der Waals surface area contributed by atoms with Gasteiger partial charge in [-0.05, 0) is 6.42 Å². The Morgan fingerprint density at radius 1 is 0.889 bits per heavy atom. The minimum absolute atomic E-state index is 0.00866. The first-order valence-electron chi connectivity index (χ1n) is 4.66. The number of rotatable bonds is 0. The minimum atomic E-state index is -2.32. The molecule has 18 heavy (non-hydrogen) atoms. The number of carbonyl (C=O) groups is 2. The van der Waals surface area contributed by atoms with Gasteiger partial charge >= 0.3 is 5.97 Å². The molecule has 0 saturated carbocycles. The van der Waals surface area contributed by atoms with Crippen molar-refractivity contribution in [1.82, 2.24) is 0 Å². The summed E-state index contributed by atoms with van der Waals surface area (Å²) < 4.78 is -1.57. The summed E-state index contributed by atoms with van der Waals surface area (Å²) in [7, 11) is 0. The van der Waals surface area contributed by atoms with Gasteiger partial charge in [0.05, 0.1) is 0 Å². The van der Waals surface area contributed by atoms with E-state index < -0.39 is 24.8 Å². The maximum absolute atomic E-state index is 12.0. The zero-order valence-electron chi connectivity index (χ0n) is 8.41. The lowest BCUT2D eigenvalue weighted by Gasteiger charge is -2.44. The second kappa shape index (κ2) is 4.31. The zero-order chi connectivity index (χ0) is 13.9. The summed E-state index contributed by atoms with van der Waals surface area (Å²) >= 11 is 35.4. The molecule has 0 fully saturated rings. The molecule has 0 aromatic rings. The Kier molecular flexibility index (Phi) is 3.59. The smallest absolute Gasteiger partial charge is 0.311 e. The van der Waals surface area contributed by atoms with E-state index in [0.717, 1.165) is 0 Å². The molecule has 1 heterocycles. The maximum atomic E-state index is 12.0. The number of Topliss-reactive ketones (excluding diaryl/α,β-unsaturated/α-hetero) is 1. The molecule has 0 unspecified atom stereocenters. The van der Waals surface area contributed by atoms with Gasteiger partial charge in [0.25, 0.3) is 0 Å². The van der Waals surface area contributed by atoms with Crippen molar-refractivity contribution in [2.75, 3.05) is 0 Å². The van der Waals surface area contributed by atoms with Crippen LogP contribution in [0, 0.1) is 0 Å². The Hall–Kier alpha value is 0.620. The van der Waals surface area contributed by atoms with Crippen molar-refractivity contribution in [3.8, 4) is 0 Å². The highest BCUT2D eigenvalue weighted by Gasteiger charge is 2.68. The number of esters is 1. The molecule has 0 spiro atoms. The van der Waals surface area contributed by atoms with Crippen molar-refractivity contribution >= 4 is 81.4 Å². The van der Waals surface area contributed by atoms with E-state index in [0.29, 0.717) is 0 Å². The standard InChI is InChI=1S/C9H4Cl6O3/c10-7(11)3-1-2-4(16)18-5(3)8(12,13)9(14,15)6(7)17/h1-2H2. The number of ether oxygens (including phenoxy) is 1. The summed E-state index contributed by atoms with van der Waals surface area (Å²) in [5.74, 6) is -1.82. The Morgan fingerprint density at radius 2 is 1.44 bits per heavy atom. The summed E-state index contributed by atoms with van der Waals surface area (Å²) in [5.41, 5.74) is 0.109. The molecule has 100 valence electrons. The Labute approximate surface area is 132 Å². The largest absolute Gasteiger partial charge is 0.428 e. The molecule has 1 aliphatic heterocycles. The molecule has 0 atom stereocenters. The lowest BCUT2D eigenvalue weighted by molar-refractivity contribution is -0.142. The van der Waals surface area contributed by atoms with Crippen LogP contribution in [0.1, 0.15) is 12.8 Å². The molecule has 0 saturated heterocycles. The van der Waals surface area contributed by atoms with Gasteiger partial charge in [0.1, 0.15) is 5.76 Å². The Morgan fingerprint density at radius 3 is 2.00 bits per heavy atom. The van der Waals surface area contributed by atoms with Crippen LogP contribution >= 0.6 is 69.6 Å². The Balaban J connectivity index is 2.71. The second-order valence-electron chi connectivity index (χ2n) is 3.83. The monoisotopic (exact) mass is 370 g/mol. The minimum Gasteiger partial charge on any atom is -0.428 e. The predicted molar refractivity (Wildman–Crippen MR) is 70.7 cm³/mol. The van der Waals surface area contributed by atoms with Gasteiger partial charge in [0.2, 0.25) is 18.8 Å². The molecule has 9 heteroatoms. The van der Waals surface area contributed by atoms with E-state index in [1.807, 2.05) is 0 Å². The number of halogens is 6.